The number of hydrogen-bond acceptors (Lipinski definition) is 5. The summed E-state index contributed by atoms with van der Waals surface area (Å²) in [5, 5.41) is 10.9. The molecule has 2 N–H and O–H groups in total. The van der Waals surface area contributed by atoms with Crippen molar-refractivity contribution < 1.29 is 14.3 Å². The molecule has 6 nitrogen and oxygen atoms in total. The van der Waals surface area contributed by atoms with Crippen LogP contribution in [0.1, 0.15) is 21.5 Å². The molecule has 0 saturated carbocycles. The quantitative estimate of drug-likeness (QED) is 0.826. The van der Waals surface area contributed by atoms with Crippen molar-refractivity contribution in [1.82, 2.24) is 10.3 Å². The summed E-state index contributed by atoms with van der Waals surface area (Å²) in [6, 6.07) is 6.69. The number of benzene rings is 1. The van der Waals surface area contributed by atoms with Crippen molar-refractivity contribution in [3.05, 3.63) is 53.3 Å². The van der Waals surface area contributed by atoms with Gasteiger partial charge in [-0.2, -0.15) is 0 Å². The van der Waals surface area contributed by atoms with Gasteiger partial charge in [-0.05, 0) is 24.3 Å². The first kappa shape index (κ1) is 15.5. The Bertz CT molecular complexity index is 699. The topological polar surface area (TPSA) is 84.3 Å². The minimum Gasteiger partial charge on any atom is -0.493 e. The molecule has 1 aromatic carbocycles. The molecule has 114 valence electrons. The van der Waals surface area contributed by atoms with E-state index in [1.807, 2.05) is 0 Å². The van der Waals surface area contributed by atoms with Gasteiger partial charge in [0.15, 0.2) is 11.5 Å². The van der Waals surface area contributed by atoms with Gasteiger partial charge in [0, 0.05) is 30.6 Å². The fourth-order valence-corrected chi connectivity index (χ4v) is 2.07. The molecule has 0 fully saturated rings. The number of rotatable bonds is 5. The standard InChI is InChI=1S/C16H17N3O3/c1-18-16(20)12-8-14(22-3)13(21-2)7-11(12)15(17)10-5-4-6-19-9-10/h4-9,17H,1-3H3,(H,18,20). The molecule has 0 aliphatic carbocycles. The summed E-state index contributed by atoms with van der Waals surface area (Å²) in [5.41, 5.74) is 1.59. The number of hydrogen-bond donors (Lipinski definition) is 2. The molecule has 22 heavy (non-hydrogen) atoms. The Morgan fingerprint density at radius 2 is 1.82 bits per heavy atom. The van der Waals surface area contributed by atoms with Crippen molar-refractivity contribution in [2.24, 2.45) is 0 Å². The smallest absolute Gasteiger partial charge is 0.251 e. The lowest BCUT2D eigenvalue weighted by atomic mass is 9.97. The van der Waals surface area contributed by atoms with E-state index in [1.165, 1.54) is 21.3 Å². The number of amides is 1. The van der Waals surface area contributed by atoms with Crippen LogP contribution in [0.5, 0.6) is 11.5 Å². The van der Waals surface area contributed by atoms with Crippen molar-refractivity contribution >= 4 is 11.6 Å². The van der Waals surface area contributed by atoms with E-state index in [1.54, 1.807) is 36.7 Å². The van der Waals surface area contributed by atoms with Gasteiger partial charge in [-0.25, -0.2) is 0 Å². The first-order valence-corrected chi connectivity index (χ1v) is 6.59. The maximum Gasteiger partial charge on any atom is 0.251 e. The third-order valence-electron chi connectivity index (χ3n) is 3.21. The number of nitrogens with zero attached hydrogens (tertiary/aromatic N) is 1. The molecular formula is C16H17N3O3. The van der Waals surface area contributed by atoms with Crippen molar-refractivity contribution in [1.29, 1.82) is 5.41 Å². The zero-order valence-electron chi connectivity index (χ0n) is 12.6. The van der Waals surface area contributed by atoms with E-state index in [4.69, 9.17) is 14.9 Å². The van der Waals surface area contributed by atoms with Crippen molar-refractivity contribution in [3.8, 4) is 11.5 Å². The van der Waals surface area contributed by atoms with Crippen LogP contribution in [0.3, 0.4) is 0 Å². The molecule has 0 bridgehead atoms. The Balaban J connectivity index is 2.62. The highest BCUT2D eigenvalue weighted by atomic mass is 16.5. The second kappa shape index (κ2) is 6.71. The van der Waals surface area contributed by atoms with Crippen molar-refractivity contribution in [2.45, 2.75) is 0 Å². The zero-order valence-corrected chi connectivity index (χ0v) is 12.6. The predicted octanol–water partition coefficient (Wildman–Crippen LogP) is 1.87. The Labute approximate surface area is 128 Å². The number of aromatic nitrogens is 1. The third kappa shape index (κ3) is 2.90. The van der Waals surface area contributed by atoms with Crippen LogP contribution in [0.25, 0.3) is 0 Å². The molecule has 1 aromatic heterocycles. The average molecular weight is 299 g/mol. The van der Waals surface area contributed by atoms with E-state index >= 15 is 0 Å². The summed E-state index contributed by atoms with van der Waals surface area (Å²) in [6.07, 6.45) is 3.21. The maximum atomic E-state index is 12.1. The molecule has 1 amide bonds. The van der Waals surface area contributed by atoms with Crippen LogP contribution in [0, 0.1) is 5.41 Å². The van der Waals surface area contributed by atoms with Gasteiger partial charge in [-0.1, -0.05) is 0 Å². The van der Waals surface area contributed by atoms with E-state index in [9.17, 15) is 4.79 Å². The first-order valence-electron chi connectivity index (χ1n) is 6.59. The minimum atomic E-state index is -0.301. The van der Waals surface area contributed by atoms with Crippen LogP contribution < -0.4 is 14.8 Å². The van der Waals surface area contributed by atoms with Crippen LogP contribution in [-0.2, 0) is 0 Å². The number of nitrogens with one attached hydrogen (secondary N) is 2. The van der Waals surface area contributed by atoms with Crippen LogP contribution in [0.15, 0.2) is 36.7 Å². The van der Waals surface area contributed by atoms with E-state index < -0.39 is 0 Å². The molecule has 2 aromatic rings. The van der Waals surface area contributed by atoms with Gasteiger partial charge in [-0.15, -0.1) is 0 Å². The number of carbonyl (C=O) groups excluding carboxylic acids is 1. The van der Waals surface area contributed by atoms with Crippen LogP contribution >= 0.6 is 0 Å². The Hall–Kier alpha value is -2.89. The highest BCUT2D eigenvalue weighted by molar-refractivity contribution is 6.17. The zero-order chi connectivity index (χ0) is 16.1. The fraction of sp³-hybridized carbons (Fsp3) is 0.188. The Kier molecular flexibility index (Phi) is 4.73. The summed E-state index contributed by atoms with van der Waals surface area (Å²) in [6.45, 7) is 0. The van der Waals surface area contributed by atoms with Gasteiger partial charge in [0.2, 0.25) is 0 Å². The number of carbonyl (C=O) groups is 1. The lowest BCUT2D eigenvalue weighted by Crippen LogP contribution is -2.21. The van der Waals surface area contributed by atoms with E-state index in [0.717, 1.165) is 0 Å². The summed E-state index contributed by atoms with van der Waals surface area (Å²) in [7, 11) is 4.54. The van der Waals surface area contributed by atoms with Gasteiger partial charge in [0.1, 0.15) is 0 Å². The van der Waals surface area contributed by atoms with Gasteiger partial charge < -0.3 is 14.8 Å². The van der Waals surface area contributed by atoms with Crippen LogP contribution in [0.4, 0.5) is 0 Å². The number of pyridine rings is 1. The summed E-state index contributed by atoms with van der Waals surface area (Å²) >= 11 is 0. The van der Waals surface area contributed by atoms with Crippen molar-refractivity contribution in [3.63, 3.8) is 0 Å². The molecule has 0 unspecified atom stereocenters. The largest absolute Gasteiger partial charge is 0.493 e. The lowest BCUT2D eigenvalue weighted by molar-refractivity contribution is 0.0962. The molecule has 0 atom stereocenters. The molecular weight excluding hydrogens is 282 g/mol. The molecule has 0 aliphatic rings. The highest BCUT2D eigenvalue weighted by Gasteiger charge is 2.19. The Morgan fingerprint density at radius 3 is 2.32 bits per heavy atom. The predicted molar refractivity (Wildman–Crippen MR) is 83.1 cm³/mol. The molecule has 0 saturated heterocycles. The molecule has 6 heteroatoms. The van der Waals surface area contributed by atoms with E-state index in [2.05, 4.69) is 10.3 Å². The summed E-state index contributed by atoms with van der Waals surface area (Å²) < 4.78 is 10.5. The average Bonchev–Trinajstić information content (AvgIpc) is 2.59. The van der Waals surface area contributed by atoms with Gasteiger partial charge in [-0.3, -0.25) is 15.2 Å². The van der Waals surface area contributed by atoms with E-state index in [-0.39, 0.29) is 11.6 Å². The Morgan fingerprint density at radius 1 is 1.18 bits per heavy atom. The second-order valence-corrected chi connectivity index (χ2v) is 4.45. The van der Waals surface area contributed by atoms with Gasteiger partial charge in [0.25, 0.3) is 5.91 Å². The number of methoxy groups -OCH3 is 2. The molecule has 0 spiro atoms. The third-order valence-corrected chi connectivity index (χ3v) is 3.21. The SMILES string of the molecule is CNC(=O)c1cc(OC)c(OC)cc1C(=N)c1cccnc1. The fourth-order valence-electron chi connectivity index (χ4n) is 2.07. The molecule has 0 radical (unpaired) electrons. The first-order chi connectivity index (χ1) is 10.6. The van der Waals surface area contributed by atoms with Gasteiger partial charge >= 0.3 is 0 Å². The van der Waals surface area contributed by atoms with E-state index in [0.29, 0.717) is 28.2 Å². The molecule has 2 rings (SSSR count). The minimum absolute atomic E-state index is 0.188. The summed E-state index contributed by atoms with van der Waals surface area (Å²) in [5.74, 6) is 0.590. The van der Waals surface area contributed by atoms with Crippen LogP contribution in [-0.4, -0.2) is 37.9 Å². The van der Waals surface area contributed by atoms with Crippen LogP contribution in [0.2, 0.25) is 0 Å². The molecule has 1 heterocycles. The highest BCUT2D eigenvalue weighted by Crippen LogP contribution is 2.31. The summed E-state index contributed by atoms with van der Waals surface area (Å²) in [4.78, 5) is 16.1. The second-order valence-electron chi connectivity index (χ2n) is 4.45. The number of ether oxygens (including phenoxy) is 2. The maximum absolute atomic E-state index is 12.1. The monoisotopic (exact) mass is 299 g/mol. The normalized spacial score (nSPS) is 9.95. The molecule has 0 aliphatic heterocycles. The lowest BCUT2D eigenvalue weighted by Gasteiger charge is -2.15. The van der Waals surface area contributed by atoms with Crippen molar-refractivity contribution in [2.75, 3.05) is 21.3 Å². The van der Waals surface area contributed by atoms with Gasteiger partial charge in [0.05, 0.1) is 25.5 Å².